The number of methoxy groups -OCH3 is 1. The smallest absolute Gasteiger partial charge is 0.223 e. The number of carbonyl (C=O) groups excluding carboxylic acids is 1. The lowest BCUT2D eigenvalue weighted by atomic mass is 9.56. The van der Waals surface area contributed by atoms with Crippen LogP contribution in [0.4, 0.5) is 0 Å². The van der Waals surface area contributed by atoms with Gasteiger partial charge in [0, 0.05) is 17.9 Å². The summed E-state index contributed by atoms with van der Waals surface area (Å²) in [5.74, 6) is 1.36. The first-order chi connectivity index (χ1) is 7.73. The molecule has 0 spiro atoms. The van der Waals surface area contributed by atoms with Gasteiger partial charge >= 0.3 is 0 Å². The minimum Gasteiger partial charge on any atom is -0.497 e. The molecule has 1 aromatic rings. The van der Waals surface area contributed by atoms with E-state index in [1.165, 1.54) is 5.56 Å². The summed E-state index contributed by atoms with van der Waals surface area (Å²) in [5.41, 5.74) is 1.47. The average Bonchev–Trinajstić information content (AvgIpc) is 2.28. The van der Waals surface area contributed by atoms with Gasteiger partial charge in [-0.05, 0) is 30.5 Å². The van der Waals surface area contributed by atoms with Crippen LogP contribution in [-0.4, -0.2) is 19.6 Å². The van der Waals surface area contributed by atoms with Crippen LogP contribution in [0.2, 0.25) is 0 Å². The molecule has 0 aromatic heterocycles. The van der Waals surface area contributed by atoms with E-state index in [2.05, 4.69) is 17.4 Å². The summed E-state index contributed by atoms with van der Waals surface area (Å²) < 4.78 is 5.24. The number of carbonyl (C=O) groups is 1. The molecular formula is C13H15NO2. The molecule has 3 aliphatic rings. The second-order valence-electron chi connectivity index (χ2n) is 4.84. The zero-order chi connectivity index (χ0) is 11.2. The summed E-state index contributed by atoms with van der Waals surface area (Å²) >= 11 is 0. The van der Waals surface area contributed by atoms with Crippen molar-refractivity contribution in [3.05, 3.63) is 29.8 Å². The highest BCUT2D eigenvalue weighted by atomic mass is 16.5. The van der Waals surface area contributed by atoms with Crippen LogP contribution in [0.3, 0.4) is 0 Å². The number of benzene rings is 1. The first-order valence-corrected chi connectivity index (χ1v) is 5.66. The van der Waals surface area contributed by atoms with Gasteiger partial charge in [-0.2, -0.15) is 0 Å². The first-order valence-electron chi connectivity index (χ1n) is 5.66. The van der Waals surface area contributed by atoms with Gasteiger partial charge in [0.1, 0.15) is 5.75 Å². The third kappa shape index (κ3) is 1.24. The number of hydrogen-bond donors (Lipinski definition) is 1. The monoisotopic (exact) mass is 217 g/mol. The number of fused-ring (bicyclic) bond motifs is 2. The highest BCUT2D eigenvalue weighted by molar-refractivity contribution is 5.82. The third-order valence-electron chi connectivity index (χ3n) is 3.93. The Bertz CT molecular complexity index is 430. The fourth-order valence-electron chi connectivity index (χ4n) is 2.90. The lowest BCUT2D eigenvalue weighted by Crippen LogP contribution is -2.60. The Morgan fingerprint density at radius 3 is 2.88 bits per heavy atom. The van der Waals surface area contributed by atoms with Crippen molar-refractivity contribution in [2.75, 3.05) is 13.7 Å². The van der Waals surface area contributed by atoms with Crippen LogP contribution < -0.4 is 10.1 Å². The normalized spacial score (nSPS) is 31.6. The largest absolute Gasteiger partial charge is 0.497 e. The van der Waals surface area contributed by atoms with Crippen molar-refractivity contribution in [2.24, 2.45) is 5.92 Å². The number of amides is 1. The van der Waals surface area contributed by atoms with Crippen molar-refractivity contribution in [1.29, 1.82) is 0 Å². The fourth-order valence-corrected chi connectivity index (χ4v) is 2.90. The number of nitrogens with one attached hydrogen (secondary N) is 1. The molecule has 3 fully saturated rings. The Balaban J connectivity index is 1.90. The molecule has 84 valence electrons. The average molecular weight is 217 g/mol. The highest BCUT2D eigenvalue weighted by Gasteiger charge is 2.52. The number of piperidine rings is 2. The highest BCUT2D eigenvalue weighted by Crippen LogP contribution is 2.50. The standard InChI is InChI=1S/C13H15NO2/c1-16-11-4-2-3-10(5-11)13-6-9(7-13)12(15)14-8-13/h2-5,9H,6-8H2,1H3,(H,14,15). The van der Waals surface area contributed by atoms with Crippen LogP contribution in [0.5, 0.6) is 5.75 Å². The van der Waals surface area contributed by atoms with Gasteiger partial charge < -0.3 is 10.1 Å². The quantitative estimate of drug-likeness (QED) is 0.814. The van der Waals surface area contributed by atoms with Gasteiger partial charge in [0.05, 0.1) is 7.11 Å². The third-order valence-corrected chi connectivity index (χ3v) is 3.93. The van der Waals surface area contributed by atoms with Crippen molar-refractivity contribution in [3.8, 4) is 5.75 Å². The molecule has 0 atom stereocenters. The van der Waals surface area contributed by atoms with Crippen molar-refractivity contribution in [1.82, 2.24) is 5.32 Å². The molecule has 1 aliphatic carbocycles. The maximum atomic E-state index is 11.4. The van der Waals surface area contributed by atoms with Crippen LogP contribution in [0.1, 0.15) is 18.4 Å². The van der Waals surface area contributed by atoms with Crippen LogP contribution in [0.15, 0.2) is 24.3 Å². The van der Waals surface area contributed by atoms with Crippen molar-refractivity contribution in [3.63, 3.8) is 0 Å². The molecular weight excluding hydrogens is 202 g/mol. The zero-order valence-corrected chi connectivity index (χ0v) is 9.32. The first kappa shape index (κ1) is 9.70. The summed E-state index contributed by atoms with van der Waals surface area (Å²) in [7, 11) is 1.68. The van der Waals surface area contributed by atoms with Crippen LogP contribution in [0, 0.1) is 5.92 Å². The lowest BCUT2D eigenvalue weighted by molar-refractivity contribution is -0.135. The number of rotatable bonds is 2. The minimum absolute atomic E-state index is 0.174. The number of hydrogen-bond acceptors (Lipinski definition) is 2. The Morgan fingerprint density at radius 2 is 2.25 bits per heavy atom. The van der Waals surface area contributed by atoms with E-state index in [4.69, 9.17) is 4.74 Å². The summed E-state index contributed by atoms with van der Waals surface area (Å²) in [6.07, 6.45) is 1.98. The molecule has 3 heteroatoms. The maximum absolute atomic E-state index is 11.4. The molecule has 1 amide bonds. The Kier molecular flexibility index (Phi) is 1.96. The topological polar surface area (TPSA) is 38.3 Å². The van der Waals surface area contributed by atoms with E-state index in [9.17, 15) is 4.79 Å². The number of ether oxygens (including phenoxy) is 1. The summed E-state index contributed by atoms with van der Waals surface area (Å²) in [6.45, 7) is 0.773. The molecule has 0 radical (unpaired) electrons. The van der Waals surface area contributed by atoms with Crippen LogP contribution in [0.25, 0.3) is 0 Å². The van der Waals surface area contributed by atoms with Crippen molar-refractivity contribution in [2.45, 2.75) is 18.3 Å². The van der Waals surface area contributed by atoms with Gasteiger partial charge in [-0.1, -0.05) is 12.1 Å². The Hall–Kier alpha value is -1.51. The van der Waals surface area contributed by atoms with Gasteiger partial charge in [0.15, 0.2) is 0 Å². The molecule has 1 N–H and O–H groups in total. The second-order valence-corrected chi connectivity index (χ2v) is 4.84. The van der Waals surface area contributed by atoms with E-state index in [0.29, 0.717) is 0 Å². The van der Waals surface area contributed by atoms with Gasteiger partial charge in [-0.25, -0.2) is 0 Å². The van der Waals surface area contributed by atoms with Gasteiger partial charge in [0.25, 0.3) is 0 Å². The van der Waals surface area contributed by atoms with Crippen LogP contribution in [-0.2, 0) is 10.2 Å². The fraction of sp³-hybridized carbons (Fsp3) is 0.462. The molecule has 1 saturated carbocycles. The summed E-state index contributed by atoms with van der Waals surface area (Å²) in [5, 5.41) is 2.98. The Morgan fingerprint density at radius 1 is 1.44 bits per heavy atom. The van der Waals surface area contributed by atoms with Crippen molar-refractivity contribution < 1.29 is 9.53 Å². The van der Waals surface area contributed by atoms with Crippen molar-refractivity contribution >= 4 is 5.91 Å². The molecule has 0 unspecified atom stereocenters. The molecule has 4 rings (SSSR count). The molecule has 2 bridgehead atoms. The zero-order valence-electron chi connectivity index (χ0n) is 9.32. The van der Waals surface area contributed by atoms with E-state index in [-0.39, 0.29) is 17.2 Å². The van der Waals surface area contributed by atoms with E-state index in [1.807, 2.05) is 12.1 Å². The van der Waals surface area contributed by atoms with Gasteiger partial charge in [-0.3, -0.25) is 4.79 Å². The minimum atomic E-state index is 0.174. The van der Waals surface area contributed by atoms with Gasteiger partial charge in [-0.15, -0.1) is 0 Å². The van der Waals surface area contributed by atoms with E-state index in [0.717, 1.165) is 25.1 Å². The van der Waals surface area contributed by atoms with Gasteiger partial charge in [0.2, 0.25) is 5.91 Å². The summed E-state index contributed by atoms with van der Waals surface area (Å²) in [4.78, 5) is 11.4. The van der Waals surface area contributed by atoms with Crippen LogP contribution >= 0.6 is 0 Å². The molecule has 1 aromatic carbocycles. The molecule has 3 nitrogen and oxygen atoms in total. The predicted octanol–water partition coefficient (Wildman–Crippen LogP) is 1.47. The lowest BCUT2D eigenvalue weighted by Gasteiger charge is -2.52. The van der Waals surface area contributed by atoms with E-state index >= 15 is 0 Å². The molecule has 2 saturated heterocycles. The molecule has 2 aliphatic heterocycles. The second kappa shape index (κ2) is 3.24. The van der Waals surface area contributed by atoms with E-state index in [1.54, 1.807) is 7.11 Å². The maximum Gasteiger partial charge on any atom is 0.223 e. The molecule has 2 heterocycles. The molecule has 16 heavy (non-hydrogen) atoms. The van der Waals surface area contributed by atoms with E-state index < -0.39 is 0 Å². The SMILES string of the molecule is COc1cccc(C23CNC(=O)C(C2)C3)c1. The summed E-state index contributed by atoms with van der Waals surface area (Å²) in [6, 6.07) is 8.20. The predicted molar refractivity (Wildman–Crippen MR) is 60.4 cm³/mol. The Labute approximate surface area is 94.8 Å².